The van der Waals surface area contributed by atoms with Crippen LogP contribution in [0.3, 0.4) is 0 Å². The van der Waals surface area contributed by atoms with E-state index in [0.29, 0.717) is 17.9 Å². The summed E-state index contributed by atoms with van der Waals surface area (Å²) in [5.74, 6) is 0.208. The Bertz CT molecular complexity index is 759. The number of nitrogens with one attached hydrogen (secondary N) is 1. The van der Waals surface area contributed by atoms with Crippen LogP contribution in [-0.2, 0) is 17.4 Å². The molecule has 0 bridgehead atoms. The summed E-state index contributed by atoms with van der Waals surface area (Å²) in [4.78, 5) is 11.5. The average Bonchev–Trinajstić information content (AvgIpc) is 2.48. The van der Waals surface area contributed by atoms with Crippen LogP contribution in [0.1, 0.15) is 11.1 Å². The number of alkyl halides is 3. The van der Waals surface area contributed by atoms with Crippen molar-refractivity contribution in [3.05, 3.63) is 53.6 Å². The fourth-order valence-electron chi connectivity index (χ4n) is 2.35. The van der Waals surface area contributed by atoms with Gasteiger partial charge in [0.05, 0.1) is 11.6 Å². The quantitative estimate of drug-likeness (QED) is 0.891. The van der Waals surface area contributed by atoms with Crippen LogP contribution in [0.15, 0.2) is 42.5 Å². The molecule has 0 unspecified atom stereocenters. The topological polar surface area (TPSA) is 64.3 Å². The second-order valence-corrected chi connectivity index (χ2v) is 5.25. The fraction of sp³-hybridized carbons (Fsp3) is 0.188. The number of benzene rings is 2. The molecule has 2 aromatic carbocycles. The molecule has 7 heteroatoms. The molecule has 4 nitrogen and oxygen atoms in total. The molecule has 0 fully saturated rings. The van der Waals surface area contributed by atoms with E-state index in [1.807, 2.05) is 0 Å². The first-order valence-corrected chi connectivity index (χ1v) is 6.87. The van der Waals surface area contributed by atoms with Crippen LogP contribution in [-0.4, -0.2) is 11.9 Å². The van der Waals surface area contributed by atoms with Crippen LogP contribution in [0.25, 0.3) is 0 Å². The lowest BCUT2D eigenvalue weighted by molar-refractivity contribution is -0.137. The van der Waals surface area contributed by atoms with Crippen LogP contribution in [0.5, 0.6) is 11.5 Å². The van der Waals surface area contributed by atoms with E-state index in [9.17, 15) is 18.0 Å². The summed E-state index contributed by atoms with van der Waals surface area (Å²) in [6, 6.07) is 8.88. The highest BCUT2D eigenvalue weighted by Gasteiger charge is 2.30. The van der Waals surface area contributed by atoms with Gasteiger partial charge in [-0.2, -0.15) is 13.2 Å². The minimum absolute atomic E-state index is 0.0870. The van der Waals surface area contributed by atoms with Crippen molar-refractivity contribution in [3.63, 3.8) is 0 Å². The zero-order valence-electron chi connectivity index (χ0n) is 11.9. The molecule has 1 amide bonds. The van der Waals surface area contributed by atoms with Gasteiger partial charge >= 0.3 is 6.18 Å². The molecule has 1 atom stereocenters. The van der Waals surface area contributed by atoms with Gasteiger partial charge in [-0.25, -0.2) is 0 Å². The number of hydrogen-bond donors (Lipinski definition) is 2. The smallest absolute Gasteiger partial charge is 0.416 e. The van der Waals surface area contributed by atoms with Gasteiger partial charge in [-0.15, -0.1) is 0 Å². The number of nitrogens with two attached hydrogens (primary N) is 1. The summed E-state index contributed by atoms with van der Waals surface area (Å²) in [6.07, 6.45) is -4.08. The van der Waals surface area contributed by atoms with E-state index in [1.165, 1.54) is 12.1 Å². The maximum absolute atomic E-state index is 12.7. The van der Waals surface area contributed by atoms with Crippen molar-refractivity contribution in [3.8, 4) is 11.5 Å². The van der Waals surface area contributed by atoms with E-state index in [4.69, 9.17) is 10.5 Å². The molecule has 0 radical (unpaired) electrons. The standard InChI is InChI=1S/C16H13F3N2O2/c17-16(18,19)10-2-1-3-11(8-10)23-12-4-5-14-9(6-12)7-13(20)15(22)21-14/h1-6,8,13H,7,20H2,(H,21,22)/t13-/m0/s1. The molecule has 1 heterocycles. The number of anilines is 1. The van der Waals surface area contributed by atoms with Gasteiger partial charge < -0.3 is 15.8 Å². The Hall–Kier alpha value is -2.54. The lowest BCUT2D eigenvalue weighted by atomic mass is 9.99. The van der Waals surface area contributed by atoms with Crippen molar-refractivity contribution in [2.45, 2.75) is 18.6 Å². The Kier molecular flexibility index (Phi) is 3.73. The Morgan fingerprint density at radius 1 is 1.13 bits per heavy atom. The number of amides is 1. The monoisotopic (exact) mass is 322 g/mol. The van der Waals surface area contributed by atoms with E-state index in [1.54, 1.807) is 18.2 Å². The maximum Gasteiger partial charge on any atom is 0.416 e. The molecule has 0 saturated heterocycles. The second-order valence-electron chi connectivity index (χ2n) is 5.25. The molecule has 3 N–H and O–H groups in total. The van der Waals surface area contributed by atoms with Crippen molar-refractivity contribution < 1.29 is 22.7 Å². The molecule has 2 aromatic rings. The first-order valence-electron chi connectivity index (χ1n) is 6.87. The summed E-state index contributed by atoms with van der Waals surface area (Å²) in [5, 5.41) is 2.66. The molecule has 0 aliphatic carbocycles. The minimum Gasteiger partial charge on any atom is -0.457 e. The summed E-state index contributed by atoms with van der Waals surface area (Å²) < 4.78 is 43.6. The van der Waals surface area contributed by atoms with Crippen molar-refractivity contribution >= 4 is 11.6 Å². The van der Waals surface area contributed by atoms with Gasteiger partial charge in [0.15, 0.2) is 0 Å². The molecular formula is C16H13F3N2O2. The SMILES string of the molecule is N[C@H]1Cc2cc(Oc3cccc(C(F)(F)F)c3)ccc2NC1=O. The van der Waals surface area contributed by atoms with E-state index in [0.717, 1.165) is 17.7 Å². The fourth-order valence-corrected chi connectivity index (χ4v) is 2.35. The Morgan fingerprint density at radius 2 is 1.87 bits per heavy atom. The first-order chi connectivity index (χ1) is 10.8. The van der Waals surface area contributed by atoms with E-state index >= 15 is 0 Å². The van der Waals surface area contributed by atoms with Crippen LogP contribution in [0.4, 0.5) is 18.9 Å². The summed E-state index contributed by atoms with van der Waals surface area (Å²) in [7, 11) is 0. The summed E-state index contributed by atoms with van der Waals surface area (Å²) in [6.45, 7) is 0. The molecule has 0 saturated carbocycles. The third-order valence-corrected chi connectivity index (χ3v) is 3.51. The Balaban J connectivity index is 1.84. The van der Waals surface area contributed by atoms with Gasteiger partial charge in [-0.1, -0.05) is 6.07 Å². The summed E-state index contributed by atoms with van der Waals surface area (Å²) >= 11 is 0. The van der Waals surface area contributed by atoms with Crippen LogP contribution in [0, 0.1) is 0 Å². The lowest BCUT2D eigenvalue weighted by Crippen LogP contribution is -2.40. The number of hydrogen-bond acceptors (Lipinski definition) is 3. The lowest BCUT2D eigenvalue weighted by Gasteiger charge is -2.22. The molecule has 0 spiro atoms. The highest BCUT2D eigenvalue weighted by molar-refractivity contribution is 5.97. The third-order valence-electron chi connectivity index (χ3n) is 3.51. The van der Waals surface area contributed by atoms with Crippen molar-refractivity contribution in [2.75, 3.05) is 5.32 Å². The van der Waals surface area contributed by atoms with Gasteiger partial charge in [0.25, 0.3) is 0 Å². The van der Waals surface area contributed by atoms with Crippen molar-refractivity contribution in [1.82, 2.24) is 0 Å². The normalized spacial score (nSPS) is 17.4. The third kappa shape index (κ3) is 3.29. The Morgan fingerprint density at radius 3 is 2.61 bits per heavy atom. The van der Waals surface area contributed by atoms with Gasteiger partial charge in [0.2, 0.25) is 5.91 Å². The number of carbonyl (C=O) groups is 1. The molecule has 23 heavy (non-hydrogen) atoms. The second kappa shape index (κ2) is 5.58. The van der Waals surface area contributed by atoms with Gasteiger partial charge in [0, 0.05) is 5.69 Å². The number of carbonyl (C=O) groups excluding carboxylic acids is 1. The maximum atomic E-state index is 12.7. The van der Waals surface area contributed by atoms with Crippen LogP contribution in [0.2, 0.25) is 0 Å². The van der Waals surface area contributed by atoms with Crippen LogP contribution < -0.4 is 15.8 Å². The number of rotatable bonds is 2. The molecule has 3 rings (SSSR count). The molecule has 1 aliphatic heterocycles. The van der Waals surface area contributed by atoms with Gasteiger partial charge in [0.1, 0.15) is 11.5 Å². The Labute approximate surface area is 130 Å². The average molecular weight is 322 g/mol. The number of halogens is 3. The molecule has 1 aliphatic rings. The van der Waals surface area contributed by atoms with Crippen LogP contribution >= 0.6 is 0 Å². The largest absolute Gasteiger partial charge is 0.457 e. The molecule has 0 aromatic heterocycles. The highest BCUT2D eigenvalue weighted by atomic mass is 19.4. The van der Waals surface area contributed by atoms with E-state index in [-0.39, 0.29) is 11.7 Å². The number of fused-ring (bicyclic) bond motifs is 1. The van der Waals surface area contributed by atoms with Gasteiger partial charge in [-0.05, 0) is 48.4 Å². The van der Waals surface area contributed by atoms with Crippen molar-refractivity contribution in [2.24, 2.45) is 5.73 Å². The predicted octanol–water partition coefficient (Wildman–Crippen LogP) is 3.32. The molecule has 120 valence electrons. The molecular weight excluding hydrogens is 309 g/mol. The van der Waals surface area contributed by atoms with E-state index < -0.39 is 17.8 Å². The predicted molar refractivity (Wildman–Crippen MR) is 78.3 cm³/mol. The van der Waals surface area contributed by atoms with Crippen molar-refractivity contribution in [1.29, 1.82) is 0 Å². The zero-order valence-corrected chi connectivity index (χ0v) is 11.9. The minimum atomic E-state index is -4.42. The summed E-state index contributed by atoms with van der Waals surface area (Å²) in [5.41, 5.74) is 6.32. The highest BCUT2D eigenvalue weighted by Crippen LogP contribution is 2.34. The number of ether oxygens (including phenoxy) is 1. The van der Waals surface area contributed by atoms with Gasteiger partial charge in [-0.3, -0.25) is 4.79 Å². The first kappa shape index (κ1) is 15.4. The zero-order chi connectivity index (χ0) is 16.6. The van der Waals surface area contributed by atoms with E-state index in [2.05, 4.69) is 5.32 Å².